The number of halogens is 1. The second-order valence-corrected chi connectivity index (χ2v) is 7.98. The van der Waals surface area contributed by atoms with Gasteiger partial charge in [-0.25, -0.2) is 8.42 Å². The average molecular weight is 345 g/mol. The van der Waals surface area contributed by atoms with Gasteiger partial charge in [0.25, 0.3) is 0 Å². The van der Waals surface area contributed by atoms with E-state index >= 15 is 0 Å². The third-order valence-corrected chi connectivity index (χ3v) is 6.38. The van der Waals surface area contributed by atoms with Gasteiger partial charge in [-0.05, 0) is 12.8 Å². The van der Waals surface area contributed by atoms with Crippen LogP contribution in [0.5, 0.6) is 0 Å². The van der Waals surface area contributed by atoms with Crippen LogP contribution >= 0.6 is 11.6 Å². The van der Waals surface area contributed by atoms with E-state index in [1.807, 2.05) is 4.90 Å². The fourth-order valence-electron chi connectivity index (χ4n) is 3.04. The molecule has 2 aliphatic heterocycles. The summed E-state index contributed by atoms with van der Waals surface area (Å²) in [6, 6.07) is 0. The lowest BCUT2D eigenvalue weighted by atomic mass is 10.2. The molecule has 1 N–H and O–H groups in total. The molecular weight excluding hydrogens is 324 g/mol. The third-order valence-electron chi connectivity index (χ3n) is 4.21. The van der Waals surface area contributed by atoms with Crippen LogP contribution in [0.25, 0.3) is 0 Å². The zero-order valence-electron chi connectivity index (χ0n) is 12.5. The smallest absolute Gasteiger partial charge is 0.246 e. The molecule has 1 aromatic heterocycles. The molecule has 2 saturated heterocycles. The number of anilines is 1. The average Bonchev–Trinajstić information content (AvgIpc) is 2.56. The number of piperidine rings is 1. The minimum absolute atomic E-state index is 0.240. The maximum Gasteiger partial charge on any atom is 0.246 e. The van der Waals surface area contributed by atoms with Gasteiger partial charge in [-0.15, -0.1) is 0 Å². The zero-order chi connectivity index (χ0) is 15.6. The van der Waals surface area contributed by atoms with Crippen molar-refractivity contribution in [3.63, 3.8) is 0 Å². The van der Waals surface area contributed by atoms with Gasteiger partial charge in [0.1, 0.15) is 4.90 Å². The van der Waals surface area contributed by atoms with Crippen LogP contribution in [-0.4, -0.2) is 57.0 Å². The Kier molecular flexibility index (Phi) is 4.87. The van der Waals surface area contributed by atoms with E-state index in [1.54, 1.807) is 4.31 Å². The van der Waals surface area contributed by atoms with Gasteiger partial charge in [0.2, 0.25) is 10.0 Å². The molecule has 6 nitrogen and oxygen atoms in total. The van der Waals surface area contributed by atoms with Crippen molar-refractivity contribution in [1.82, 2.24) is 14.6 Å². The largest absolute Gasteiger partial charge is 0.367 e. The quantitative estimate of drug-likeness (QED) is 0.895. The highest BCUT2D eigenvalue weighted by Gasteiger charge is 2.31. The van der Waals surface area contributed by atoms with Crippen molar-refractivity contribution in [3.8, 4) is 0 Å². The second kappa shape index (κ2) is 6.70. The minimum atomic E-state index is -3.54. The normalized spacial score (nSPS) is 21.0. The first-order chi connectivity index (χ1) is 10.6. The number of aromatic nitrogens is 1. The van der Waals surface area contributed by atoms with Gasteiger partial charge in [-0.2, -0.15) is 4.31 Å². The first kappa shape index (κ1) is 16.0. The van der Waals surface area contributed by atoms with Gasteiger partial charge in [-0.1, -0.05) is 18.0 Å². The number of pyridine rings is 1. The molecule has 0 aliphatic carbocycles. The number of hydrogen-bond donors (Lipinski definition) is 1. The molecule has 0 unspecified atom stereocenters. The molecule has 3 heterocycles. The van der Waals surface area contributed by atoms with Crippen molar-refractivity contribution in [1.29, 1.82) is 0 Å². The van der Waals surface area contributed by atoms with Crippen molar-refractivity contribution in [3.05, 3.63) is 17.4 Å². The Morgan fingerprint density at radius 1 is 1.05 bits per heavy atom. The Bertz CT molecular complexity index is 626. The SMILES string of the molecule is O=S(=O)(c1cncc(Cl)c1N1CCNCC1)N1CCCCC1. The Labute approximate surface area is 136 Å². The highest BCUT2D eigenvalue weighted by atomic mass is 35.5. The lowest BCUT2D eigenvalue weighted by molar-refractivity contribution is 0.346. The molecule has 0 amide bonds. The fraction of sp³-hybridized carbons (Fsp3) is 0.643. The molecule has 0 atom stereocenters. The maximum atomic E-state index is 13.0. The van der Waals surface area contributed by atoms with E-state index in [0.29, 0.717) is 23.8 Å². The van der Waals surface area contributed by atoms with Crippen LogP contribution in [-0.2, 0) is 10.0 Å². The molecule has 2 aliphatic rings. The van der Waals surface area contributed by atoms with E-state index in [2.05, 4.69) is 10.3 Å². The second-order valence-electron chi connectivity index (χ2n) is 5.67. The molecule has 2 fully saturated rings. The lowest BCUT2D eigenvalue weighted by Gasteiger charge is -2.33. The first-order valence-corrected chi connectivity index (χ1v) is 9.52. The van der Waals surface area contributed by atoms with E-state index in [-0.39, 0.29) is 4.90 Å². The minimum Gasteiger partial charge on any atom is -0.367 e. The van der Waals surface area contributed by atoms with Gasteiger partial charge in [0.15, 0.2) is 0 Å². The number of hydrogen-bond acceptors (Lipinski definition) is 5. The molecule has 8 heteroatoms. The number of piperazine rings is 1. The van der Waals surface area contributed by atoms with E-state index < -0.39 is 10.0 Å². The molecule has 0 saturated carbocycles. The number of sulfonamides is 1. The van der Waals surface area contributed by atoms with Crippen molar-refractivity contribution in [2.75, 3.05) is 44.2 Å². The number of nitrogens with one attached hydrogen (secondary N) is 1. The molecule has 22 heavy (non-hydrogen) atoms. The maximum absolute atomic E-state index is 13.0. The summed E-state index contributed by atoms with van der Waals surface area (Å²) in [6.07, 6.45) is 5.87. The lowest BCUT2D eigenvalue weighted by Crippen LogP contribution is -2.45. The van der Waals surface area contributed by atoms with Crippen molar-refractivity contribution in [2.24, 2.45) is 0 Å². The topological polar surface area (TPSA) is 65.5 Å². The first-order valence-electron chi connectivity index (χ1n) is 7.70. The summed E-state index contributed by atoms with van der Waals surface area (Å²) < 4.78 is 27.5. The van der Waals surface area contributed by atoms with Gasteiger partial charge >= 0.3 is 0 Å². The fourth-order valence-corrected chi connectivity index (χ4v) is 5.07. The van der Waals surface area contributed by atoms with Gasteiger partial charge in [-0.3, -0.25) is 4.98 Å². The summed E-state index contributed by atoms with van der Waals surface area (Å²) in [5.41, 5.74) is 0.601. The zero-order valence-corrected chi connectivity index (χ0v) is 14.0. The van der Waals surface area contributed by atoms with E-state index in [0.717, 1.165) is 45.4 Å². The van der Waals surface area contributed by atoms with Crippen molar-refractivity contribution < 1.29 is 8.42 Å². The molecule has 3 rings (SSSR count). The van der Waals surface area contributed by atoms with E-state index in [4.69, 9.17) is 11.6 Å². The predicted octanol–water partition coefficient (Wildman–Crippen LogP) is 1.32. The van der Waals surface area contributed by atoms with Crippen LogP contribution in [0.15, 0.2) is 17.3 Å². The highest BCUT2D eigenvalue weighted by Crippen LogP contribution is 2.34. The third kappa shape index (κ3) is 3.08. The summed E-state index contributed by atoms with van der Waals surface area (Å²) in [4.78, 5) is 6.30. The summed E-state index contributed by atoms with van der Waals surface area (Å²) in [7, 11) is -3.54. The summed E-state index contributed by atoms with van der Waals surface area (Å²) in [5, 5.41) is 3.67. The Balaban J connectivity index is 2.00. The predicted molar refractivity (Wildman–Crippen MR) is 86.9 cm³/mol. The molecule has 0 spiro atoms. The standard InChI is InChI=1S/C14H21ClN4O2S/c15-12-10-17-11-13(14(12)18-8-4-16-5-9-18)22(20,21)19-6-2-1-3-7-19/h10-11,16H,1-9H2. The summed E-state index contributed by atoms with van der Waals surface area (Å²) in [6.45, 7) is 4.29. The molecule has 0 radical (unpaired) electrons. The van der Waals surface area contributed by atoms with Crippen LogP contribution < -0.4 is 10.2 Å². The highest BCUT2D eigenvalue weighted by molar-refractivity contribution is 7.89. The number of nitrogens with zero attached hydrogens (tertiary/aromatic N) is 3. The molecule has 0 aromatic carbocycles. The molecule has 122 valence electrons. The van der Waals surface area contributed by atoms with Crippen LogP contribution in [0.3, 0.4) is 0 Å². The van der Waals surface area contributed by atoms with Crippen molar-refractivity contribution in [2.45, 2.75) is 24.2 Å². The van der Waals surface area contributed by atoms with E-state index in [9.17, 15) is 8.42 Å². The summed E-state index contributed by atoms with van der Waals surface area (Å²) in [5.74, 6) is 0. The van der Waals surface area contributed by atoms with Crippen molar-refractivity contribution >= 4 is 27.3 Å². The Hall–Kier alpha value is -0.890. The van der Waals surface area contributed by atoms with Gasteiger partial charge in [0.05, 0.1) is 10.7 Å². The molecule has 1 aromatic rings. The molecular formula is C14H21ClN4O2S. The van der Waals surface area contributed by atoms with Crippen LogP contribution in [0.4, 0.5) is 5.69 Å². The monoisotopic (exact) mass is 344 g/mol. The van der Waals surface area contributed by atoms with Crippen LogP contribution in [0.1, 0.15) is 19.3 Å². The number of rotatable bonds is 3. The Morgan fingerprint density at radius 2 is 1.73 bits per heavy atom. The van der Waals surface area contributed by atoms with Crippen LogP contribution in [0.2, 0.25) is 5.02 Å². The van der Waals surface area contributed by atoms with E-state index in [1.165, 1.54) is 12.4 Å². The van der Waals surface area contributed by atoms with Gasteiger partial charge in [0, 0.05) is 51.7 Å². The summed E-state index contributed by atoms with van der Waals surface area (Å²) >= 11 is 6.30. The Morgan fingerprint density at radius 3 is 2.41 bits per heavy atom. The molecule has 0 bridgehead atoms. The van der Waals surface area contributed by atoms with Crippen LogP contribution in [0, 0.1) is 0 Å². The van der Waals surface area contributed by atoms with Gasteiger partial charge < -0.3 is 10.2 Å².